The minimum absolute atomic E-state index is 0.00301. The number of hydrogen-bond donors (Lipinski definition) is 1. The number of nitrogens with one attached hydrogen (secondary N) is 1. The Morgan fingerprint density at radius 2 is 1.75 bits per heavy atom. The Labute approximate surface area is 212 Å². The van der Waals surface area contributed by atoms with Crippen LogP contribution in [0.4, 0.5) is 5.69 Å². The van der Waals surface area contributed by atoms with Gasteiger partial charge in [0.1, 0.15) is 11.9 Å². The highest BCUT2D eigenvalue weighted by molar-refractivity contribution is 7.92. The van der Waals surface area contributed by atoms with Crippen LogP contribution in [-0.4, -0.2) is 49.9 Å². The summed E-state index contributed by atoms with van der Waals surface area (Å²) in [5.41, 5.74) is 3.17. The van der Waals surface area contributed by atoms with Crippen molar-refractivity contribution in [1.82, 2.24) is 4.90 Å². The predicted molar refractivity (Wildman–Crippen MR) is 143 cm³/mol. The monoisotopic (exact) mass is 505 g/mol. The molecule has 2 aliphatic rings. The normalized spacial score (nSPS) is 17.6. The van der Waals surface area contributed by atoms with Gasteiger partial charge in [-0.05, 0) is 72.5 Å². The van der Waals surface area contributed by atoms with Crippen molar-refractivity contribution in [2.75, 3.05) is 23.1 Å². The van der Waals surface area contributed by atoms with Gasteiger partial charge in [0, 0.05) is 31.5 Å². The van der Waals surface area contributed by atoms with Crippen LogP contribution in [0.2, 0.25) is 0 Å². The molecular formula is C28H31N3O4S. The molecule has 7 nitrogen and oxygen atoms in total. The topological polar surface area (TPSA) is 90.8 Å². The van der Waals surface area contributed by atoms with Gasteiger partial charge in [-0.25, -0.2) is 8.42 Å². The summed E-state index contributed by atoms with van der Waals surface area (Å²) < 4.78 is 33.9. The number of Topliss-reactive ketones (excluding diaryl/α,β-unsaturated/α-hetero) is 1. The first kappa shape index (κ1) is 24.3. The van der Waals surface area contributed by atoms with Gasteiger partial charge in [-0.15, -0.1) is 0 Å². The maximum Gasteiger partial charge on any atom is 0.235 e. The Morgan fingerprint density at radius 3 is 2.47 bits per heavy atom. The molecule has 5 rings (SSSR count). The van der Waals surface area contributed by atoms with Crippen LogP contribution in [0.3, 0.4) is 0 Å². The molecule has 2 aliphatic heterocycles. The van der Waals surface area contributed by atoms with Gasteiger partial charge in [0.25, 0.3) is 0 Å². The molecule has 0 bridgehead atoms. The summed E-state index contributed by atoms with van der Waals surface area (Å²) >= 11 is 0. The second-order valence-corrected chi connectivity index (χ2v) is 11.7. The molecule has 0 unspecified atom stereocenters. The van der Waals surface area contributed by atoms with Crippen molar-refractivity contribution in [2.24, 2.45) is 0 Å². The Hall–Kier alpha value is -3.39. The van der Waals surface area contributed by atoms with E-state index in [-0.39, 0.29) is 24.2 Å². The number of nitrogens with zero attached hydrogens (tertiary/aromatic N) is 2. The van der Waals surface area contributed by atoms with Gasteiger partial charge in [0.2, 0.25) is 10.0 Å². The zero-order valence-corrected chi connectivity index (χ0v) is 21.5. The number of carbonyl (C=O) groups excluding carboxylic acids is 1. The van der Waals surface area contributed by atoms with Crippen LogP contribution >= 0.6 is 0 Å². The largest absolute Gasteiger partial charge is 0.490 e. The SMILES string of the molecule is CC(=N)N1CCC(Oc2ccc3c(c2)CCS(=O)(=O)N3Cc2ccc3ccc(C(C)=O)cc3c2)CC1. The lowest BCUT2D eigenvalue weighted by Gasteiger charge is -2.34. The zero-order chi connectivity index (χ0) is 25.4. The molecule has 0 aromatic heterocycles. The number of sulfonamides is 1. The molecule has 1 N–H and O–H groups in total. The van der Waals surface area contributed by atoms with Crippen molar-refractivity contribution in [3.05, 3.63) is 71.3 Å². The molecule has 0 aliphatic carbocycles. The summed E-state index contributed by atoms with van der Waals surface area (Å²) in [4.78, 5) is 13.9. The Bertz CT molecular complexity index is 1440. The fraction of sp³-hybridized carbons (Fsp3) is 0.357. The Balaban J connectivity index is 1.37. The summed E-state index contributed by atoms with van der Waals surface area (Å²) in [7, 11) is -3.45. The molecule has 188 valence electrons. The van der Waals surface area contributed by atoms with Gasteiger partial charge in [-0.2, -0.15) is 0 Å². The fourth-order valence-electron chi connectivity index (χ4n) is 5.04. The molecule has 0 spiro atoms. The van der Waals surface area contributed by atoms with Crippen LogP contribution in [0.5, 0.6) is 5.75 Å². The lowest BCUT2D eigenvalue weighted by molar-refractivity contribution is 0.101. The number of piperidine rings is 1. The van der Waals surface area contributed by atoms with Crippen molar-refractivity contribution < 1.29 is 17.9 Å². The maximum absolute atomic E-state index is 13.1. The number of rotatable bonds is 5. The van der Waals surface area contributed by atoms with Crippen molar-refractivity contribution in [2.45, 2.75) is 45.8 Å². The van der Waals surface area contributed by atoms with Crippen LogP contribution in [-0.2, 0) is 23.0 Å². The number of ketones is 1. The van der Waals surface area contributed by atoms with E-state index < -0.39 is 10.0 Å². The van der Waals surface area contributed by atoms with Gasteiger partial charge >= 0.3 is 0 Å². The average Bonchev–Trinajstić information content (AvgIpc) is 2.85. The molecule has 8 heteroatoms. The van der Waals surface area contributed by atoms with Crippen molar-refractivity contribution in [3.8, 4) is 5.75 Å². The third-order valence-electron chi connectivity index (χ3n) is 7.14. The molecule has 36 heavy (non-hydrogen) atoms. The minimum Gasteiger partial charge on any atom is -0.490 e. The molecule has 0 amide bonds. The minimum atomic E-state index is -3.45. The van der Waals surface area contributed by atoms with E-state index in [2.05, 4.69) is 4.90 Å². The second kappa shape index (κ2) is 9.58. The highest BCUT2D eigenvalue weighted by Gasteiger charge is 2.30. The summed E-state index contributed by atoms with van der Waals surface area (Å²) in [5.74, 6) is 1.42. The molecule has 0 radical (unpaired) electrons. The maximum atomic E-state index is 13.1. The zero-order valence-electron chi connectivity index (χ0n) is 20.7. The molecule has 0 saturated carbocycles. The summed E-state index contributed by atoms with van der Waals surface area (Å²) in [6, 6.07) is 17.2. The molecule has 0 atom stereocenters. The lowest BCUT2D eigenvalue weighted by atomic mass is 10.0. The van der Waals surface area contributed by atoms with E-state index >= 15 is 0 Å². The molecule has 1 fully saturated rings. The predicted octanol–water partition coefficient (Wildman–Crippen LogP) is 4.78. The van der Waals surface area contributed by atoms with E-state index in [0.29, 0.717) is 23.5 Å². The fourth-order valence-corrected chi connectivity index (χ4v) is 6.56. The quantitative estimate of drug-likeness (QED) is 0.306. The van der Waals surface area contributed by atoms with E-state index in [9.17, 15) is 13.2 Å². The van der Waals surface area contributed by atoms with Gasteiger partial charge in [0.05, 0.1) is 23.8 Å². The average molecular weight is 506 g/mol. The molecular weight excluding hydrogens is 474 g/mol. The number of fused-ring (bicyclic) bond motifs is 2. The van der Waals surface area contributed by atoms with E-state index in [0.717, 1.165) is 53.6 Å². The summed E-state index contributed by atoms with van der Waals surface area (Å²) in [5, 5.41) is 9.72. The number of likely N-dealkylation sites (tertiary alicyclic amines) is 1. The van der Waals surface area contributed by atoms with Crippen LogP contribution in [0.1, 0.15) is 48.2 Å². The number of benzene rings is 3. The van der Waals surface area contributed by atoms with Crippen LogP contribution in [0, 0.1) is 5.41 Å². The van der Waals surface area contributed by atoms with Crippen molar-refractivity contribution in [3.63, 3.8) is 0 Å². The number of aryl methyl sites for hydroxylation is 1. The molecule has 3 aromatic rings. The molecule has 2 heterocycles. The van der Waals surface area contributed by atoms with Crippen LogP contribution < -0.4 is 9.04 Å². The molecule has 3 aromatic carbocycles. The highest BCUT2D eigenvalue weighted by Crippen LogP contribution is 2.35. The second-order valence-electron chi connectivity index (χ2n) is 9.71. The first-order chi connectivity index (χ1) is 17.2. The number of hydrogen-bond acceptors (Lipinski definition) is 5. The number of amidine groups is 1. The Kier molecular flexibility index (Phi) is 6.47. The third kappa shape index (κ3) is 4.95. The first-order valence-corrected chi connectivity index (χ1v) is 13.9. The van der Waals surface area contributed by atoms with Crippen LogP contribution in [0.15, 0.2) is 54.6 Å². The summed E-state index contributed by atoms with van der Waals surface area (Å²) in [6.07, 6.45) is 2.28. The van der Waals surface area contributed by atoms with Crippen LogP contribution in [0.25, 0.3) is 10.8 Å². The van der Waals surface area contributed by atoms with Crippen molar-refractivity contribution in [1.29, 1.82) is 5.41 Å². The summed E-state index contributed by atoms with van der Waals surface area (Å²) in [6.45, 7) is 5.22. The van der Waals surface area contributed by atoms with Gasteiger partial charge in [-0.3, -0.25) is 14.5 Å². The van der Waals surface area contributed by atoms with E-state index in [1.54, 1.807) is 6.92 Å². The third-order valence-corrected chi connectivity index (χ3v) is 8.86. The van der Waals surface area contributed by atoms with Gasteiger partial charge in [-0.1, -0.05) is 24.3 Å². The lowest BCUT2D eigenvalue weighted by Crippen LogP contribution is -2.40. The number of anilines is 1. The highest BCUT2D eigenvalue weighted by atomic mass is 32.2. The van der Waals surface area contributed by atoms with Gasteiger partial charge in [0.15, 0.2) is 5.78 Å². The van der Waals surface area contributed by atoms with E-state index in [1.807, 2.05) is 61.5 Å². The number of carbonyl (C=O) groups is 1. The van der Waals surface area contributed by atoms with E-state index in [1.165, 1.54) is 4.31 Å². The Morgan fingerprint density at radius 1 is 1.00 bits per heavy atom. The van der Waals surface area contributed by atoms with E-state index in [4.69, 9.17) is 10.1 Å². The smallest absolute Gasteiger partial charge is 0.235 e. The van der Waals surface area contributed by atoms with Gasteiger partial charge < -0.3 is 9.64 Å². The standard InChI is InChI=1S/C28H31N3O4S/c1-19(32)23-6-5-22-4-3-21(15-25(22)16-23)18-31-28-8-7-27(17-24(28)11-14-36(31,33)34)35-26-9-12-30(13-10-26)20(2)29/h3-8,15-17,26,29H,9-14,18H2,1-2H3. The molecule has 1 saturated heterocycles. The number of ether oxygens (including phenoxy) is 1. The van der Waals surface area contributed by atoms with Crippen molar-refractivity contribution >= 4 is 38.1 Å². The first-order valence-electron chi connectivity index (χ1n) is 12.3.